The van der Waals surface area contributed by atoms with Crippen LogP contribution < -0.4 is 11.4 Å². The standard InChI is InChI=1S/C18H13N7O2/c19-8-12(10-4-2-1-3-5-10)14-13(9-25(24-14)17(20)26)11-6-7-21-16-15(11)22-18(27)23-16/h1-7,9,12H,(H2,20,26)(H2,21,22,23,27). The van der Waals surface area contributed by atoms with Crippen molar-refractivity contribution in [2.24, 2.45) is 5.73 Å². The number of nitriles is 1. The Morgan fingerprint density at radius 2 is 1.96 bits per heavy atom. The van der Waals surface area contributed by atoms with Gasteiger partial charge >= 0.3 is 11.7 Å². The van der Waals surface area contributed by atoms with Crippen LogP contribution in [0.4, 0.5) is 4.79 Å². The number of carbonyl (C=O) groups excluding carboxylic acids is 1. The molecule has 0 saturated heterocycles. The van der Waals surface area contributed by atoms with Crippen LogP contribution in [0.25, 0.3) is 22.3 Å². The van der Waals surface area contributed by atoms with E-state index in [9.17, 15) is 14.9 Å². The second kappa shape index (κ2) is 6.27. The maximum absolute atomic E-state index is 11.7. The Hall–Kier alpha value is -4.19. The molecule has 9 heteroatoms. The van der Waals surface area contributed by atoms with E-state index in [1.54, 1.807) is 18.2 Å². The van der Waals surface area contributed by atoms with Gasteiger partial charge in [0.1, 0.15) is 5.92 Å². The number of H-pyrrole nitrogens is 2. The fourth-order valence-corrected chi connectivity index (χ4v) is 3.02. The minimum Gasteiger partial charge on any atom is -0.350 e. The number of benzene rings is 1. The first-order valence-corrected chi connectivity index (χ1v) is 8.00. The van der Waals surface area contributed by atoms with Crippen LogP contribution in [-0.4, -0.2) is 30.8 Å². The van der Waals surface area contributed by atoms with Gasteiger partial charge in [-0.2, -0.15) is 15.0 Å². The number of fused-ring (bicyclic) bond motifs is 1. The van der Waals surface area contributed by atoms with Crippen LogP contribution in [-0.2, 0) is 0 Å². The molecule has 9 nitrogen and oxygen atoms in total. The molecule has 3 heterocycles. The Balaban J connectivity index is 1.99. The number of carbonyl (C=O) groups is 1. The normalized spacial score (nSPS) is 12.0. The van der Waals surface area contributed by atoms with Gasteiger partial charge < -0.3 is 10.7 Å². The molecule has 1 amide bonds. The summed E-state index contributed by atoms with van der Waals surface area (Å²) in [6, 6.07) is 12.2. The second-order valence-corrected chi connectivity index (χ2v) is 5.84. The predicted octanol–water partition coefficient (Wildman–Crippen LogP) is 1.70. The van der Waals surface area contributed by atoms with Gasteiger partial charge in [-0.1, -0.05) is 30.3 Å². The summed E-state index contributed by atoms with van der Waals surface area (Å²) in [6.45, 7) is 0. The third-order valence-corrected chi connectivity index (χ3v) is 4.22. The number of hydrogen-bond acceptors (Lipinski definition) is 5. The van der Waals surface area contributed by atoms with Crippen LogP contribution >= 0.6 is 0 Å². The Morgan fingerprint density at radius 3 is 2.67 bits per heavy atom. The first kappa shape index (κ1) is 16.3. The van der Waals surface area contributed by atoms with E-state index in [-0.39, 0.29) is 0 Å². The molecule has 1 atom stereocenters. The van der Waals surface area contributed by atoms with Crippen LogP contribution in [0, 0.1) is 11.3 Å². The van der Waals surface area contributed by atoms with Crippen LogP contribution in [0.15, 0.2) is 53.6 Å². The molecule has 0 bridgehead atoms. The monoisotopic (exact) mass is 359 g/mol. The van der Waals surface area contributed by atoms with Gasteiger partial charge in [0.2, 0.25) is 0 Å². The number of imidazole rings is 1. The average Bonchev–Trinajstić information content (AvgIpc) is 3.26. The molecule has 1 unspecified atom stereocenters. The van der Waals surface area contributed by atoms with Crippen LogP contribution in [0.3, 0.4) is 0 Å². The third kappa shape index (κ3) is 2.75. The number of rotatable bonds is 3. The molecule has 1 aromatic carbocycles. The number of nitrogens with zero attached hydrogens (tertiary/aromatic N) is 4. The summed E-state index contributed by atoms with van der Waals surface area (Å²) in [7, 11) is 0. The largest absolute Gasteiger partial charge is 0.350 e. The molecule has 4 N–H and O–H groups in total. The quantitative estimate of drug-likeness (QED) is 0.509. The first-order valence-electron chi connectivity index (χ1n) is 8.00. The maximum atomic E-state index is 11.7. The van der Waals surface area contributed by atoms with E-state index in [1.165, 1.54) is 12.4 Å². The van der Waals surface area contributed by atoms with E-state index < -0.39 is 17.6 Å². The van der Waals surface area contributed by atoms with Crippen molar-refractivity contribution < 1.29 is 4.79 Å². The van der Waals surface area contributed by atoms with Gasteiger partial charge in [-0.25, -0.2) is 14.6 Å². The lowest BCUT2D eigenvalue weighted by atomic mass is 9.92. The topological polar surface area (TPSA) is 146 Å². The summed E-state index contributed by atoms with van der Waals surface area (Å²) in [5.41, 5.74) is 7.96. The highest BCUT2D eigenvalue weighted by atomic mass is 16.2. The van der Waals surface area contributed by atoms with Crippen molar-refractivity contribution in [2.45, 2.75) is 5.92 Å². The zero-order valence-corrected chi connectivity index (χ0v) is 13.9. The van der Waals surface area contributed by atoms with Crippen LogP contribution in [0.2, 0.25) is 0 Å². The zero-order valence-electron chi connectivity index (χ0n) is 13.9. The van der Waals surface area contributed by atoms with Crippen molar-refractivity contribution in [1.82, 2.24) is 24.7 Å². The summed E-state index contributed by atoms with van der Waals surface area (Å²) in [5, 5.41) is 14.0. The third-order valence-electron chi connectivity index (χ3n) is 4.22. The summed E-state index contributed by atoms with van der Waals surface area (Å²) in [5.74, 6) is -0.726. The van der Waals surface area contributed by atoms with Gasteiger partial charge in [0.05, 0.1) is 17.3 Å². The SMILES string of the molecule is N#CC(c1ccccc1)c1nn(C(N)=O)cc1-c1ccnc2[nH]c(=O)[nH]c12. The average molecular weight is 359 g/mol. The molecule has 0 spiro atoms. The number of nitrogens with two attached hydrogens (primary N) is 1. The van der Waals surface area contributed by atoms with Gasteiger partial charge in [0.15, 0.2) is 5.65 Å². The van der Waals surface area contributed by atoms with Crippen molar-refractivity contribution in [1.29, 1.82) is 5.26 Å². The Bertz CT molecular complexity index is 1240. The summed E-state index contributed by atoms with van der Waals surface area (Å²) in [6.07, 6.45) is 2.97. The van der Waals surface area contributed by atoms with E-state index >= 15 is 0 Å². The van der Waals surface area contributed by atoms with Crippen LogP contribution in [0.5, 0.6) is 0 Å². The molecular weight excluding hydrogens is 346 g/mol. The van der Waals surface area contributed by atoms with Gasteiger partial charge in [-0.15, -0.1) is 0 Å². The minimum atomic E-state index is -0.778. The Kier molecular flexibility index (Phi) is 3.78. The molecule has 0 radical (unpaired) electrons. The molecule has 4 rings (SSSR count). The Labute approximate surface area is 152 Å². The molecular formula is C18H13N7O2. The van der Waals surface area contributed by atoms with E-state index in [0.717, 1.165) is 10.2 Å². The highest BCUT2D eigenvalue weighted by Crippen LogP contribution is 2.34. The summed E-state index contributed by atoms with van der Waals surface area (Å²) >= 11 is 0. The number of amides is 1. The number of pyridine rings is 1. The number of aromatic nitrogens is 5. The van der Waals surface area contributed by atoms with Crippen molar-refractivity contribution in [3.8, 4) is 17.2 Å². The van der Waals surface area contributed by atoms with Crippen molar-refractivity contribution >= 4 is 17.2 Å². The van der Waals surface area contributed by atoms with Gasteiger partial charge in [0.25, 0.3) is 0 Å². The zero-order chi connectivity index (χ0) is 19.0. The lowest BCUT2D eigenvalue weighted by Crippen LogP contribution is -2.20. The molecule has 0 aliphatic heterocycles. The van der Waals surface area contributed by atoms with Gasteiger partial charge in [-0.05, 0) is 11.6 Å². The van der Waals surface area contributed by atoms with Gasteiger partial charge in [-0.3, -0.25) is 4.98 Å². The lowest BCUT2D eigenvalue weighted by molar-refractivity contribution is 0.247. The molecule has 0 aliphatic rings. The Morgan fingerprint density at radius 1 is 1.19 bits per heavy atom. The second-order valence-electron chi connectivity index (χ2n) is 5.84. The minimum absolute atomic E-state index is 0.358. The predicted molar refractivity (Wildman–Crippen MR) is 96.8 cm³/mol. The highest BCUT2D eigenvalue weighted by molar-refractivity contribution is 5.91. The number of nitrogens with one attached hydrogen (secondary N) is 2. The lowest BCUT2D eigenvalue weighted by Gasteiger charge is -2.09. The highest BCUT2D eigenvalue weighted by Gasteiger charge is 2.25. The van der Waals surface area contributed by atoms with E-state index in [0.29, 0.717) is 28.0 Å². The first-order chi connectivity index (χ1) is 13.1. The molecule has 0 saturated carbocycles. The van der Waals surface area contributed by atoms with Gasteiger partial charge in [0, 0.05) is 23.5 Å². The van der Waals surface area contributed by atoms with Crippen molar-refractivity contribution in [3.05, 3.63) is 70.5 Å². The molecule has 4 aromatic rings. The van der Waals surface area contributed by atoms with Crippen molar-refractivity contribution in [2.75, 3.05) is 0 Å². The molecule has 132 valence electrons. The maximum Gasteiger partial charge on any atom is 0.339 e. The van der Waals surface area contributed by atoms with E-state index in [2.05, 4.69) is 26.1 Å². The summed E-state index contributed by atoms with van der Waals surface area (Å²) < 4.78 is 0.981. The smallest absolute Gasteiger partial charge is 0.339 e. The summed E-state index contributed by atoms with van der Waals surface area (Å²) in [4.78, 5) is 32.7. The number of hydrogen-bond donors (Lipinski definition) is 3. The van der Waals surface area contributed by atoms with E-state index in [4.69, 9.17) is 5.73 Å². The number of aromatic amines is 2. The van der Waals surface area contributed by atoms with Crippen LogP contribution in [0.1, 0.15) is 17.2 Å². The van der Waals surface area contributed by atoms with Crippen molar-refractivity contribution in [3.63, 3.8) is 0 Å². The fraction of sp³-hybridized carbons (Fsp3) is 0.0556. The number of primary amides is 1. The molecule has 0 fully saturated rings. The molecule has 3 aromatic heterocycles. The molecule has 0 aliphatic carbocycles. The fourth-order valence-electron chi connectivity index (χ4n) is 3.02. The molecule has 27 heavy (non-hydrogen) atoms. The van der Waals surface area contributed by atoms with E-state index in [1.807, 2.05) is 18.2 Å².